The summed E-state index contributed by atoms with van der Waals surface area (Å²) in [5.74, 6) is -0.782. The van der Waals surface area contributed by atoms with Crippen molar-refractivity contribution < 1.29 is 31.1 Å². The molecule has 1 atom stereocenters. The van der Waals surface area contributed by atoms with E-state index in [1.807, 2.05) is 0 Å². The van der Waals surface area contributed by atoms with Gasteiger partial charge in [-0.05, 0) is 12.8 Å². The number of halogens is 3. The van der Waals surface area contributed by atoms with Crippen LogP contribution in [0.5, 0.6) is 0 Å². The number of rotatable bonds is 6. The van der Waals surface area contributed by atoms with E-state index in [1.165, 1.54) is 7.05 Å². The predicted octanol–water partition coefficient (Wildman–Crippen LogP) is 0.496. The smallest absolute Gasteiger partial charge is 0.366 e. The first-order valence-corrected chi connectivity index (χ1v) is 8.14. The molecule has 0 radical (unpaired) electrons. The van der Waals surface area contributed by atoms with Crippen molar-refractivity contribution in [2.45, 2.75) is 31.5 Å². The van der Waals surface area contributed by atoms with Gasteiger partial charge in [0.05, 0.1) is 12.4 Å². The quantitative estimate of drug-likeness (QED) is 0.719. The van der Waals surface area contributed by atoms with Crippen LogP contribution in [0.25, 0.3) is 0 Å². The number of carbonyl (C=O) groups is 1. The second-order valence-corrected chi connectivity index (χ2v) is 6.81. The number of nitrogens with zero attached hydrogens (tertiary/aromatic N) is 1. The van der Waals surface area contributed by atoms with Gasteiger partial charge in [-0.2, -0.15) is 17.5 Å². The van der Waals surface area contributed by atoms with Gasteiger partial charge in [-0.25, -0.2) is 8.42 Å². The third kappa shape index (κ3) is 6.18. The fourth-order valence-corrected chi connectivity index (χ4v) is 3.48. The Morgan fingerprint density at radius 3 is 2.62 bits per heavy atom. The van der Waals surface area contributed by atoms with E-state index in [1.54, 1.807) is 0 Å². The Bertz CT molecular complexity index is 453. The summed E-state index contributed by atoms with van der Waals surface area (Å²) in [5, 5.41) is 2.37. The average molecular weight is 332 g/mol. The molecule has 0 bridgehead atoms. The van der Waals surface area contributed by atoms with E-state index in [0.717, 1.165) is 4.31 Å². The number of likely N-dealkylation sites (N-methyl/N-ethyl adjacent to an activating group) is 1. The van der Waals surface area contributed by atoms with Gasteiger partial charge in [0.1, 0.15) is 6.10 Å². The molecule has 1 rings (SSSR count). The molecule has 1 fully saturated rings. The molecule has 0 aromatic heterocycles. The van der Waals surface area contributed by atoms with Gasteiger partial charge in [-0.1, -0.05) is 0 Å². The molecular formula is C11H19F3N2O4S. The first kappa shape index (κ1) is 18.2. The molecule has 1 aliphatic rings. The zero-order valence-electron chi connectivity index (χ0n) is 11.6. The Balaban J connectivity index is 2.48. The van der Waals surface area contributed by atoms with Crippen LogP contribution < -0.4 is 5.32 Å². The number of morpholine rings is 1. The number of amides is 1. The van der Waals surface area contributed by atoms with E-state index < -0.39 is 34.6 Å². The highest BCUT2D eigenvalue weighted by molar-refractivity contribution is 7.89. The fourth-order valence-electron chi connectivity index (χ4n) is 1.94. The average Bonchev–Trinajstić information content (AvgIpc) is 2.42. The van der Waals surface area contributed by atoms with Crippen molar-refractivity contribution >= 4 is 15.9 Å². The normalized spacial score (nSPS) is 21.2. The summed E-state index contributed by atoms with van der Waals surface area (Å²) in [7, 11) is -2.26. The van der Waals surface area contributed by atoms with E-state index >= 15 is 0 Å². The van der Waals surface area contributed by atoms with E-state index in [2.05, 4.69) is 5.32 Å². The highest BCUT2D eigenvalue weighted by Crippen LogP contribution is 2.22. The minimum Gasteiger partial charge on any atom is -0.366 e. The Morgan fingerprint density at radius 1 is 1.38 bits per heavy atom. The minimum atomic E-state index is -4.27. The van der Waals surface area contributed by atoms with Crippen LogP contribution in [-0.2, 0) is 19.6 Å². The van der Waals surface area contributed by atoms with Crippen molar-refractivity contribution in [3.8, 4) is 0 Å². The van der Waals surface area contributed by atoms with Crippen LogP contribution in [0.2, 0.25) is 0 Å². The molecule has 1 aliphatic heterocycles. The highest BCUT2D eigenvalue weighted by Gasteiger charge is 2.33. The number of carbonyl (C=O) groups excluding carboxylic acids is 1. The predicted molar refractivity (Wildman–Crippen MR) is 69.1 cm³/mol. The Kier molecular flexibility index (Phi) is 6.41. The number of hydrogen-bond acceptors (Lipinski definition) is 4. The van der Waals surface area contributed by atoms with Gasteiger partial charge in [0.2, 0.25) is 15.9 Å². The molecule has 1 heterocycles. The van der Waals surface area contributed by atoms with Crippen molar-refractivity contribution in [2.24, 2.45) is 0 Å². The van der Waals surface area contributed by atoms with Gasteiger partial charge in [0, 0.05) is 26.6 Å². The zero-order chi connectivity index (χ0) is 16.1. The molecule has 0 aromatic rings. The van der Waals surface area contributed by atoms with Crippen molar-refractivity contribution in [3.63, 3.8) is 0 Å². The molecule has 1 N–H and O–H groups in total. The maximum absolute atomic E-state index is 12.0. The van der Waals surface area contributed by atoms with E-state index in [0.29, 0.717) is 0 Å². The monoisotopic (exact) mass is 332 g/mol. The van der Waals surface area contributed by atoms with Crippen molar-refractivity contribution in [1.29, 1.82) is 0 Å². The molecule has 1 amide bonds. The lowest BCUT2D eigenvalue weighted by atomic mass is 10.2. The third-order valence-corrected chi connectivity index (χ3v) is 5.00. The number of hydrogen-bond donors (Lipinski definition) is 1. The van der Waals surface area contributed by atoms with Crippen LogP contribution in [0, 0.1) is 0 Å². The van der Waals surface area contributed by atoms with Crippen molar-refractivity contribution in [2.75, 3.05) is 32.5 Å². The number of unbranched alkanes of at least 4 members (excludes halogenated alkanes) is 1. The lowest BCUT2D eigenvalue weighted by Gasteiger charge is -2.31. The number of nitrogens with one attached hydrogen (secondary N) is 1. The largest absolute Gasteiger partial charge is 0.389 e. The second-order valence-electron chi connectivity index (χ2n) is 4.72. The third-order valence-electron chi connectivity index (χ3n) is 3.07. The molecule has 0 aromatic carbocycles. The summed E-state index contributed by atoms with van der Waals surface area (Å²) in [5.41, 5.74) is 0. The van der Waals surface area contributed by atoms with E-state index in [4.69, 9.17) is 4.74 Å². The summed E-state index contributed by atoms with van der Waals surface area (Å²) in [4.78, 5) is 11.4. The Labute approximate surface area is 121 Å². The maximum Gasteiger partial charge on any atom is 0.389 e. The summed E-state index contributed by atoms with van der Waals surface area (Å²) >= 11 is 0. The van der Waals surface area contributed by atoms with Gasteiger partial charge >= 0.3 is 6.18 Å². The molecule has 6 nitrogen and oxygen atoms in total. The topological polar surface area (TPSA) is 75.7 Å². The van der Waals surface area contributed by atoms with Crippen LogP contribution in [0.3, 0.4) is 0 Å². The molecule has 124 valence electrons. The van der Waals surface area contributed by atoms with E-state index in [9.17, 15) is 26.4 Å². The van der Waals surface area contributed by atoms with E-state index in [-0.39, 0.29) is 38.3 Å². The summed E-state index contributed by atoms with van der Waals surface area (Å²) < 4.78 is 66.3. The first-order valence-electron chi connectivity index (χ1n) is 6.53. The maximum atomic E-state index is 12.0. The summed E-state index contributed by atoms with van der Waals surface area (Å²) in [6.07, 6.45) is -6.44. The number of ether oxygens (including phenoxy) is 1. The van der Waals surface area contributed by atoms with Gasteiger partial charge in [-0.3, -0.25) is 4.79 Å². The summed E-state index contributed by atoms with van der Waals surface area (Å²) in [6.45, 7) is 0.0796. The lowest BCUT2D eigenvalue weighted by molar-refractivity contribution is -0.136. The SMILES string of the molecule is CNC(=O)C1CN(S(=O)(=O)CCCCC(F)(F)F)CCO1. The van der Waals surface area contributed by atoms with Crippen molar-refractivity contribution in [3.05, 3.63) is 0 Å². The fraction of sp³-hybridized carbons (Fsp3) is 0.909. The Morgan fingerprint density at radius 2 is 2.05 bits per heavy atom. The van der Waals surface area contributed by atoms with Crippen LogP contribution in [0.4, 0.5) is 13.2 Å². The molecule has 10 heteroatoms. The second kappa shape index (κ2) is 7.41. The highest BCUT2D eigenvalue weighted by atomic mass is 32.2. The van der Waals surface area contributed by atoms with Gasteiger partial charge in [0.15, 0.2) is 0 Å². The number of alkyl halides is 3. The van der Waals surface area contributed by atoms with Gasteiger partial charge in [0.25, 0.3) is 0 Å². The van der Waals surface area contributed by atoms with Crippen LogP contribution in [-0.4, -0.2) is 63.4 Å². The zero-order valence-corrected chi connectivity index (χ0v) is 12.5. The molecule has 21 heavy (non-hydrogen) atoms. The molecule has 1 saturated heterocycles. The molecular weight excluding hydrogens is 313 g/mol. The first-order chi connectivity index (χ1) is 9.65. The van der Waals surface area contributed by atoms with Crippen LogP contribution >= 0.6 is 0 Å². The number of sulfonamides is 1. The minimum absolute atomic E-state index is 0.0656. The van der Waals surface area contributed by atoms with Crippen LogP contribution in [0.15, 0.2) is 0 Å². The standard InChI is InChI=1S/C11H19F3N2O4S/c1-15-10(17)9-8-16(5-6-20-9)21(18,19)7-3-2-4-11(12,13)14/h9H,2-8H2,1H3,(H,15,17). The Hall–Kier alpha value is -0.870. The van der Waals surface area contributed by atoms with Crippen LogP contribution in [0.1, 0.15) is 19.3 Å². The lowest BCUT2D eigenvalue weighted by Crippen LogP contribution is -2.51. The summed E-state index contributed by atoms with van der Waals surface area (Å²) in [6, 6.07) is 0. The van der Waals surface area contributed by atoms with Crippen molar-refractivity contribution in [1.82, 2.24) is 9.62 Å². The van der Waals surface area contributed by atoms with Gasteiger partial charge in [-0.15, -0.1) is 0 Å². The molecule has 0 spiro atoms. The van der Waals surface area contributed by atoms with Gasteiger partial charge < -0.3 is 10.1 Å². The molecule has 0 aliphatic carbocycles. The molecule has 1 unspecified atom stereocenters. The molecule has 0 saturated carbocycles.